The van der Waals surface area contributed by atoms with E-state index in [1.165, 1.54) is 25.9 Å². The molecule has 1 fully saturated rings. The van der Waals surface area contributed by atoms with Crippen LogP contribution in [0, 0.1) is 6.92 Å². The van der Waals surface area contributed by atoms with E-state index >= 15 is 0 Å². The predicted molar refractivity (Wildman–Crippen MR) is 95.7 cm³/mol. The standard InChI is InChI=1S/C18H28N2O3S/c1-16-5-7-17(8-6-16)15-24(22,23)14-9-18(21)19-10-4-13-20-11-2-3-12-20/h5-8H,2-4,9-15H2,1H3,(H,19,21)/p+1. The lowest BCUT2D eigenvalue weighted by Gasteiger charge is -2.12. The summed E-state index contributed by atoms with van der Waals surface area (Å²) in [4.78, 5) is 13.4. The van der Waals surface area contributed by atoms with Gasteiger partial charge in [0, 0.05) is 32.2 Å². The molecule has 0 aromatic heterocycles. The number of carbonyl (C=O) groups is 1. The number of amides is 1. The smallest absolute Gasteiger partial charge is 0.221 e. The average Bonchev–Trinajstić information content (AvgIpc) is 3.05. The molecule has 0 atom stereocenters. The van der Waals surface area contributed by atoms with Gasteiger partial charge in [-0.15, -0.1) is 0 Å². The van der Waals surface area contributed by atoms with E-state index in [2.05, 4.69) is 5.32 Å². The van der Waals surface area contributed by atoms with E-state index in [1.54, 1.807) is 4.90 Å². The molecule has 24 heavy (non-hydrogen) atoms. The zero-order valence-corrected chi connectivity index (χ0v) is 15.3. The molecular weight excluding hydrogens is 324 g/mol. The Morgan fingerprint density at radius 1 is 1.17 bits per heavy atom. The fourth-order valence-electron chi connectivity index (χ4n) is 3.04. The van der Waals surface area contributed by atoms with E-state index < -0.39 is 9.84 Å². The maximum absolute atomic E-state index is 12.1. The van der Waals surface area contributed by atoms with Crippen molar-refractivity contribution in [3.63, 3.8) is 0 Å². The normalized spacial score (nSPS) is 15.5. The monoisotopic (exact) mass is 353 g/mol. The summed E-state index contributed by atoms with van der Waals surface area (Å²) in [6.45, 7) is 6.18. The molecule has 1 saturated heterocycles. The van der Waals surface area contributed by atoms with Crippen molar-refractivity contribution in [2.45, 2.75) is 38.4 Å². The molecule has 0 radical (unpaired) electrons. The molecule has 134 valence electrons. The molecular formula is C18H29N2O3S+. The highest BCUT2D eigenvalue weighted by molar-refractivity contribution is 7.90. The highest BCUT2D eigenvalue weighted by Crippen LogP contribution is 2.09. The number of hydrogen-bond donors (Lipinski definition) is 2. The number of sulfone groups is 1. The van der Waals surface area contributed by atoms with Crippen LogP contribution in [0.2, 0.25) is 0 Å². The summed E-state index contributed by atoms with van der Waals surface area (Å²) in [6.07, 6.45) is 3.61. The molecule has 2 rings (SSSR count). The number of likely N-dealkylation sites (tertiary alicyclic amines) is 1. The van der Waals surface area contributed by atoms with Gasteiger partial charge in [0.05, 0.1) is 31.1 Å². The minimum atomic E-state index is -3.25. The number of carbonyl (C=O) groups excluding carboxylic acids is 1. The van der Waals surface area contributed by atoms with Crippen molar-refractivity contribution in [1.29, 1.82) is 0 Å². The first-order chi connectivity index (χ1) is 11.4. The van der Waals surface area contributed by atoms with E-state index in [0.29, 0.717) is 6.54 Å². The fourth-order valence-corrected chi connectivity index (χ4v) is 4.38. The first-order valence-corrected chi connectivity index (χ1v) is 10.6. The first kappa shape index (κ1) is 18.9. The molecule has 0 bridgehead atoms. The van der Waals surface area contributed by atoms with Crippen molar-refractivity contribution in [3.05, 3.63) is 35.4 Å². The minimum absolute atomic E-state index is 0.00111. The number of rotatable bonds is 9. The van der Waals surface area contributed by atoms with E-state index in [9.17, 15) is 13.2 Å². The third-order valence-electron chi connectivity index (χ3n) is 4.49. The van der Waals surface area contributed by atoms with Crippen molar-refractivity contribution in [3.8, 4) is 0 Å². The molecule has 1 aliphatic heterocycles. The lowest BCUT2D eigenvalue weighted by Crippen LogP contribution is -3.10. The van der Waals surface area contributed by atoms with Gasteiger partial charge in [0.2, 0.25) is 5.91 Å². The van der Waals surface area contributed by atoms with E-state index in [0.717, 1.165) is 24.1 Å². The summed E-state index contributed by atoms with van der Waals surface area (Å²) in [5.74, 6) is -0.262. The summed E-state index contributed by atoms with van der Waals surface area (Å²) < 4.78 is 24.2. The Morgan fingerprint density at radius 3 is 2.50 bits per heavy atom. The molecule has 1 heterocycles. The van der Waals surface area contributed by atoms with Gasteiger partial charge in [0.25, 0.3) is 0 Å². The minimum Gasteiger partial charge on any atom is -0.356 e. The zero-order valence-electron chi connectivity index (χ0n) is 14.5. The van der Waals surface area contributed by atoms with Crippen molar-refractivity contribution in [2.75, 3.05) is 31.9 Å². The highest BCUT2D eigenvalue weighted by atomic mass is 32.2. The molecule has 0 aliphatic carbocycles. The molecule has 5 nitrogen and oxygen atoms in total. The molecule has 2 N–H and O–H groups in total. The van der Waals surface area contributed by atoms with Gasteiger partial charge >= 0.3 is 0 Å². The van der Waals surface area contributed by atoms with Gasteiger partial charge in [-0.25, -0.2) is 8.42 Å². The van der Waals surface area contributed by atoms with E-state index in [1.807, 2.05) is 31.2 Å². The lowest BCUT2D eigenvalue weighted by molar-refractivity contribution is -0.887. The van der Waals surface area contributed by atoms with E-state index in [-0.39, 0.29) is 23.8 Å². The summed E-state index contributed by atoms with van der Waals surface area (Å²) in [5.41, 5.74) is 1.88. The Hall–Kier alpha value is -1.40. The third kappa shape index (κ3) is 7.01. The molecule has 1 aromatic rings. The summed E-state index contributed by atoms with van der Waals surface area (Å²) >= 11 is 0. The van der Waals surface area contributed by atoms with Crippen LogP contribution in [0.25, 0.3) is 0 Å². The summed E-state index contributed by atoms with van der Waals surface area (Å²) in [5, 5.41) is 2.83. The lowest BCUT2D eigenvalue weighted by atomic mass is 10.2. The van der Waals surface area contributed by atoms with Gasteiger partial charge in [-0.3, -0.25) is 4.79 Å². The van der Waals surface area contributed by atoms with Crippen molar-refractivity contribution in [1.82, 2.24) is 5.32 Å². The highest BCUT2D eigenvalue weighted by Gasteiger charge is 2.16. The molecule has 0 spiro atoms. The van der Waals surface area contributed by atoms with Crippen LogP contribution in [0.15, 0.2) is 24.3 Å². The Balaban J connectivity index is 1.63. The number of quaternary nitrogens is 1. The maximum Gasteiger partial charge on any atom is 0.221 e. The average molecular weight is 354 g/mol. The largest absolute Gasteiger partial charge is 0.356 e. The van der Waals surface area contributed by atoms with Crippen molar-refractivity contribution in [2.24, 2.45) is 0 Å². The number of benzene rings is 1. The van der Waals surface area contributed by atoms with Crippen LogP contribution in [0.5, 0.6) is 0 Å². The van der Waals surface area contributed by atoms with Gasteiger partial charge < -0.3 is 10.2 Å². The Bertz CT molecular complexity index is 620. The molecule has 1 aromatic carbocycles. The molecule has 0 saturated carbocycles. The number of aryl methyl sites for hydroxylation is 1. The summed E-state index contributed by atoms with van der Waals surface area (Å²) in [6, 6.07) is 7.46. The second kappa shape index (κ2) is 9.18. The Labute approximate surface area is 145 Å². The van der Waals surface area contributed by atoms with Gasteiger partial charge in [-0.2, -0.15) is 0 Å². The molecule has 6 heteroatoms. The van der Waals surface area contributed by atoms with Gasteiger partial charge in [-0.1, -0.05) is 29.8 Å². The fraction of sp³-hybridized carbons (Fsp3) is 0.611. The van der Waals surface area contributed by atoms with Crippen molar-refractivity contribution < 1.29 is 18.1 Å². The van der Waals surface area contributed by atoms with Crippen LogP contribution in [-0.4, -0.2) is 46.3 Å². The van der Waals surface area contributed by atoms with E-state index in [4.69, 9.17) is 0 Å². The van der Waals surface area contributed by atoms with Crippen LogP contribution in [0.1, 0.15) is 36.8 Å². The van der Waals surface area contributed by atoms with Gasteiger partial charge in [-0.05, 0) is 12.5 Å². The third-order valence-corrected chi connectivity index (χ3v) is 6.09. The summed E-state index contributed by atoms with van der Waals surface area (Å²) in [7, 11) is -3.25. The Morgan fingerprint density at radius 2 is 1.83 bits per heavy atom. The Kier molecular flexibility index (Phi) is 7.24. The zero-order chi connectivity index (χ0) is 17.4. The van der Waals surface area contributed by atoms with Gasteiger partial charge in [0.1, 0.15) is 0 Å². The SMILES string of the molecule is Cc1ccc(CS(=O)(=O)CCC(=O)NCCC[NH+]2CCCC2)cc1. The van der Waals surface area contributed by atoms with Crippen LogP contribution in [0.3, 0.4) is 0 Å². The molecule has 1 aliphatic rings. The topological polar surface area (TPSA) is 67.7 Å². The second-order valence-electron chi connectivity index (χ2n) is 6.74. The quantitative estimate of drug-likeness (QED) is 0.635. The van der Waals surface area contributed by atoms with Crippen LogP contribution in [0.4, 0.5) is 0 Å². The van der Waals surface area contributed by atoms with Crippen LogP contribution < -0.4 is 10.2 Å². The number of nitrogens with one attached hydrogen (secondary N) is 2. The number of hydrogen-bond acceptors (Lipinski definition) is 3. The van der Waals surface area contributed by atoms with Crippen LogP contribution >= 0.6 is 0 Å². The first-order valence-electron chi connectivity index (χ1n) is 8.81. The van der Waals surface area contributed by atoms with Crippen LogP contribution in [-0.2, 0) is 20.4 Å². The second-order valence-corrected chi connectivity index (χ2v) is 8.92. The maximum atomic E-state index is 12.1. The van der Waals surface area contributed by atoms with Crippen molar-refractivity contribution >= 4 is 15.7 Å². The van der Waals surface area contributed by atoms with Gasteiger partial charge in [0.15, 0.2) is 9.84 Å². The molecule has 0 unspecified atom stereocenters. The predicted octanol–water partition coefficient (Wildman–Crippen LogP) is 0.485. The molecule has 1 amide bonds.